The van der Waals surface area contributed by atoms with E-state index < -0.39 is 15.8 Å². The minimum atomic E-state index is -3.93. The summed E-state index contributed by atoms with van der Waals surface area (Å²) in [5.74, 6) is -1.34. The monoisotopic (exact) mass is 485 g/mol. The first-order valence-corrected chi connectivity index (χ1v) is 12.6. The van der Waals surface area contributed by atoms with E-state index in [1.807, 2.05) is 36.5 Å². The van der Waals surface area contributed by atoms with Gasteiger partial charge in [0.15, 0.2) is 0 Å². The molecule has 1 amide bonds. The van der Waals surface area contributed by atoms with Crippen LogP contribution >= 0.6 is 11.3 Å². The number of aromatic nitrogens is 3. The van der Waals surface area contributed by atoms with E-state index in [4.69, 9.17) is 0 Å². The molecule has 0 spiro atoms. The van der Waals surface area contributed by atoms with E-state index >= 15 is 0 Å². The Bertz CT molecular complexity index is 1380. The summed E-state index contributed by atoms with van der Waals surface area (Å²) in [6.45, 7) is 0.298. The van der Waals surface area contributed by atoms with Crippen molar-refractivity contribution < 1.29 is 17.6 Å². The van der Waals surface area contributed by atoms with Crippen LogP contribution in [0.15, 0.2) is 65.7 Å². The third kappa shape index (κ3) is 4.26. The summed E-state index contributed by atoms with van der Waals surface area (Å²) in [6, 6.07) is 15.1. The number of hydrogen-bond acceptors (Lipinski definition) is 6. The molecular formula is C22H20FN5O3S2. The van der Waals surface area contributed by atoms with Crippen LogP contribution in [0.5, 0.6) is 0 Å². The number of halogens is 1. The van der Waals surface area contributed by atoms with Crippen LogP contribution in [0.3, 0.4) is 0 Å². The lowest BCUT2D eigenvalue weighted by Gasteiger charge is -2.30. The Morgan fingerprint density at radius 2 is 1.76 bits per heavy atom. The van der Waals surface area contributed by atoms with Gasteiger partial charge in [-0.05, 0) is 25.0 Å². The van der Waals surface area contributed by atoms with Crippen LogP contribution in [0.25, 0.3) is 16.2 Å². The number of benzene rings is 2. The van der Waals surface area contributed by atoms with Gasteiger partial charge in [0.25, 0.3) is 0 Å². The Labute approximate surface area is 193 Å². The molecule has 2 aromatic carbocycles. The minimum absolute atomic E-state index is 0.149. The molecule has 0 unspecified atom stereocenters. The molecule has 0 aliphatic carbocycles. The number of amides is 1. The molecule has 1 aliphatic heterocycles. The zero-order valence-corrected chi connectivity index (χ0v) is 19.0. The van der Waals surface area contributed by atoms with Gasteiger partial charge in [0, 0.05) is 24.6 Å². The van der Waals surface area contributed by atoms with E-state index in [0.29, 0.717) is 22.9 Å². The number of rotatable bonds is 5. The average molecular weight is 486 g/mol. The van der Waals surface area contributed by atoms with Gasteiger partial charge in [-0.1, -0.05) is 53.8 Å². The predicted octanol–water partition coefficient (Wildman–Crippen LogP) is 3.64. The molecule has 0 saturated carbocycles. The highest BCUT2D eigenvalue weighted by molar-refractivity contribution is 7.89. The first kappa shape index (κ1) is 21.7. The highest BCUT2D eigenvalue weighted by Crippen LogP contribution is 2.28. The Hall–Kier alpha value is -3.15. The lowest BCUT2D eigenvalue weighted by molar-refractivity contribution is -0.120. The number of imidazole rings is 1. The highest BCUT2D eigenvalue weighted by atomic mass is 32.2. The van der Waals surface area contributed by atoms with E-state index in [9.17, 15) is 17.6 Å². The molecule has 0 radical (unpaired) electrons. The minimum Gasteiger partial charge on any atom is -0.300 e. The van der Waals surface area contributed by atoms with Crippen molar-refractivity contribution in [2.24, 2.45) is 5.92 Å². The summed E-state index contributed by atoms with van der Waals surface area (Å²) in [6.07, 6.45) is 2.50. The summed E-state index contributed by atoms with van der Waals surface area (Å²) in [5.41, 5.74) is 1.79. The van der Waals surface area contributed by atoms with Gasteiger partial charge in [-0.2, -0.15) is 4.31 Å². The van der Waals surface area contributed by atoms with Crippen molar-refractivity contribution >= 4 is 37.4 Å². The van der Waals surface area contributed by atoms with E-state index in [0.717, 1.165) is 17.3 Å². The summed E-state index contributed by atoms with van der Waals surface area (Å²) >= 11 is 1.27. The van der Waals surface area contributed by atoms with Crippen LogP contribution in [-0.2, 0) is 14.8 Å². The summed E-state index contributed by atoms with van der Waals surface area (Å²) in [7, 11) is -3.93. The Morgan fingerprint density at radius 1 is 1.06 bits per heavy atom. The van der Waals surface area contributed by atoms with Gasteiger partial charge in [0.05, 0.1) is 11.9 Å². The number of carbonyl (C=O) groups is 1. The van der Waals surface area contributed by atoms with E-state index in [-0.39, 0.29) is 29.8 Å². The Balaban J connectivity index is 1.22. The number of carbonyl (C=O) groups excluding carboxylic acids is 1. The molecule has 3 heterocycles. The molecule has 33 heavy (non-hydrogen) atoms. The fourth-order valence-electron chi connectivity index (χ4n) is 3.86. The molecular weight excluding hydrogens is 465 g/mol. The van der Waals surface area contributed by atoms with E-state index in [1.54, 1.807) is 4.52 Å². The third-order valence-corrected chi connectivity index (χ3v) is 8.39. The second-order valence-electron chi connectivity index (χ2n) is 7.72. The largest absolute Gasteiger partial charge is 0.300 e. The van der Waals surface area contributed by atoms with Gasteiger partial charge in [-0.25, -0.2) is 22.3 Å². The Kier molecular flexibility index (Phi) is 5.69. The fraction of sp³-hybridized carbons (Fsp3) is 0.227. The molecule has 1 saturated heterocycles. The average Bonchev–Trinajstić information content (AvgIpc) is 3.39. The number of sulfonamides is 1. The molecule has 1 aliphatic rings. The number of hydrogen-bond donors (Lipinski definition) is 1. The normalized spacial score (nSPS) is 15.7. The maximum atomic E-state index is 14.0. The van der Waals surface area contributed by atoms with Crippen molar-refractivity contribution in [3.63, 3.8) is 0 Å². The number of nitrogens with one attached hydrogen (secondary N) is 1. The second-order valence-corrected chi connectivity index (χ2v) is 10.6. The van der Waals surface area contributed by atoms with Gasteiger partial charge in [0.2, 0.25) is 26.0 Å². The highest BCUT2D eigenvalue weighted by Gasteiger charge is 2.33. The first-order chi connectivity index (χ1) is 15.9. The predicted molar refractivity (Wildman–Crippen MR) is 123 cm³/mol. The molecule has 0 atom stereocenters. The molecule has 1 fully saturated rings. The van der Waals surface area contributed by atoms with Gasteiger partial charge in [-0.15, -0.1) is 5.10 Å². The first-order valence-electron chi connectivity index (χ1n) is 10.4. The second kappa shape index (κ2) is 8.65. The number of fused-ring (bicyclic) bond motifs is 1. The molecule has 4 aromatic rings. The Morgan fingerprint density at radius 3 is 2.45 bits per heavy atom. The summed E-state index contributed by atoms with van der Waals surface area (Å²) in [4.78, 5) is 17.6. The number of anilines is 1. The lowest BCUT2D eigenvalue weighted by atomic mass is 9.97. The van der Waals surface area contributed by atoms with Crippen molar-refractivity contribution in [2.75, 3.05) is 18.4 Å². The quantitative estimate of drug-likeness (QED) is 0.466. The smallest absolute Gasteiger partial charge is 0.245 e. The standard InChI is InChI=1S/C22H20FN5O3S2/c23-17-8-4-5-9-19(17)33(30,31)27-12-10-16(11-13-27)20(29)25-21-26-28-14-18(24-22(28)32-21)15-6-2-1-3-7-15/h1-9,14,16H,10-13H2,(H,25,26,29). The molecule has 2 aromatic heterocycles. The fourth-order valence-corrected chi connectivity index (χ4v) is 6.18. The molecule has 0 bridgehead atoms. The third-order valence-electron chi connectivity index (χ3n) is 5.62. The van der Waals surface area contributed by atoms with Crippen molar-refractivity contribution in [1.29, 1.82) is 0 Å². The molecule has 8 nitrogen and oxygen atoms in total. The van der Waals surface area contributed by atoms with Crippen LogP contribution < -0.4 is 5.32 Å². The van der Waals surface area contributed by atoms with E-state index in [1.165, 1.54) is 33.8 Å². The van der Waals surface area contributed by atoms with Crippen molar-refractivity contribution in [2.45, 2.75) is 17.7 Å². The van der Waals surface area contributed by atoms with Gasteiger partial charge >= 0.3 is 0 Å². The summed E-state index contributed by atoms with van der Waals surface area (Å²) < 4.78 is 42.3. The van der Waals surface area contributed by atoms with Gasteiger partial charge in [-0.3, -0.25) is 4.79 Å². The SMILES string of the molecule is O=C(Nc1nn2cc(-c3ccccc3)nc2s1)C1CCN(S(=O)(=O)c2ccccc2F)CC1. The number of nitrogens with zero attached hydrogens (tertiary/aromatic N) is 4. The van der Waals surface area contributed by atoms with Gasteiger partial charge < -0.3 is 5.32 Å². The molecule has 1 N–H and O–H groups in total. The maximum absolute atomic E-state index is 14.0. The van der Waals surface area contributed by atoms with Crippen LogP contribution in [0, 0.1) is 11.7 Å². The van der Waals surface area contributed by atoms with Crippen LogP contribution in [0.4, 0.5) is 9.52 Å². The topological polar surface area (TPSA) is 96.7 Å². The van der Waals surface area contributed by atoms with Crippen molar-refractivity contribution in [1.82, 2.24) is 18.9 Å². The number of piperidine rings is 1. The zero-order chi connectivity index (χ0) is 23.0. The van der Waals surface area contributed by atoms with Crippen LogP contribution in [0.1, 0.15) is 12.8 Å². The van der Waals surface area contributed by atoms with Crippen molar-refractivity contribution in [3.05, 3.63) is 66.6 Å². The maximum Gasteiger partial charge on any atom is 0.245 e. The van der Waals surface area contributed by atoms with Crippen LogP contribution in [-0.4, -0.2) is 46.3 Å². The summed E-state index contributed by atoms with van der Waals surface area (Å²) in [5, 5.41) is 7.64. The molecule has 170 valence electrons. The van der Waals surface area contributed by atoms with E-state index in [2.05, 4.69) is 15.4 Å². The van der Waals surface area contributed by atoms with Crippen molar-refractivity contribution in [3.8, 4) is 11.3 Å². The lowest BCUT2D eigenvalue weighted by Crippen LogP contribution is -2.41. The van der Waals surface area contributed by atoms with Crippen LogP contribution in [0.2, 0.25) is 0 Å². The zero-order valence-electron chi connectivity index (χ0n) is 17.4. The molecule has 11 heteroatoms. The molecule has 5 rings (SSSR count). The van der Waals surface area contributed by atoms with Gasteiger partial charge in [0.1, 0.15) is 10.7 Å².